The van der Waals surface area contributed by atoms with E-state index in [9.17, 15) is 4.79 Å². The van der Waals surface area contributed by atoms with Crippen LogP contribution in [-0.4, -0.2) is 23.1 Å². The van der Waals surface area contributed by atoms with Crippen molar-refractivity contribution in [2.45, 2.75) is 38.8 Å². The number of nitrogens with zero attached hydrogens (tertiary/aromatic N) is 1. The van der Waals surface area contributed by atoms with Gasteiger partial charge < -0.3 is 4.74 Å². The maximum Gasteiger partial charge on any atom is 0.411 e. The largest absolute Gasteiger partial charge is 0.444 e. The lowest BCUT2D eigenvalue weighted by Gasteiger charge is -2.36. The summed E-state index contributed by atoms with van der Waals surface area (Å²) in [5.41, 5.74) is 2.29. The number of carbonyl (C=O) groups is 1. The molecule has 1 unspecified atom stereocenters. The third-order valence-electron chi connectivity index (χ3n) is 4.46. The molecule has 0 spiro atoms. The second-order valence-electron chi connectivity index (χ2n) is 7.62. The first-order valence-corrected chi connectivity index (χ1v) is 8.63. The summed E-state index contributed by atoms with van der Waals surface area (Å²) in [5, 5.41) is 0. The lowest BCUT2D eigenvalue weighted by Crippen LogP contribution is -2.45. The molecule has 0 aliphatic carbocycles. The van der Waals surface area contributed by atoms with Crippen LogP contribution < -0.4 is 0 Å². The summed E-state index contributed by atoms with van der Waals surface area (Å²) < 4.78 is 5.68. The van der Waals surface area contributed by atoms with Crippen molar-refractivity contribution in [2.24, 2.45) is 0 Å². The highest BCUT2D eigenvalue weighted by Gasteiger charge is 2.42. The van der Waals surface area contributed by atoms with E-state index in [0.717, 1.165) is 16.7 Å². The van der Waals surface area contributed by atoms with Crippen LogP contribution in [0, 0.1) is 0 Å². The Bertz CT molecular complexity index is 775. The smallest absolute Gasteiger partial charge is 0.411 e. The Morgan fingerprint density at radius 1 is 1.00 bits per heavy atom. The van der Waals surface area contributed by atoms with Gasteiger partial charge in [-0.05, 0) is 50.5 Å². The lowest BCUT2D eigenvalue weighted by atomic mass is 9.91. The van der Waals surface area contributed by atoms with Gasteiger partial charge in [0.15, 0.2) is 0 Å². The van der Waals surface area contributed by atoms with Gasteiger partial charge in [0.1, 0.15) is 5.60 Å². The van der Waals surface area contributed by atoms with Crippen LogP contribution in [-0.2, 0) is 10.3 Å². The molecule has 0 aromatic heterocycles. The Morgan fingerprint density at radius 3 is 2.12 bits per heavy atom. The Balaban J connectivity index is 2.02. The number of hydrogen-bond donors (Lipinski definition) is 0. The van der Waals surface area contributed by atoms with Crippen LogP contribution in [0.1, 0.15) is 38.8 Å². The van der Waals surface area contributed by atoms with Crippen molar-refractivity contribution in [3.05, 3.63) is 77.9 Å². The molecule has 1 aliphatic heterocycles. The third kappa shape index (κ3) is 3.60. The molecule has 0 fully saturated rings. The van der Waals surface area contributed by atoms with Crippen LogP contribution in [0.25, 0.3) is 5.57 Å². The Morgan fingerprint density at radius 2 is 1.56 bits per heavy atom. The van der Waals surface area contributed by atoms with Crippen molar-refractivity contribution in [2.75, 3.05) is 6.54 Å². The van der Waals surface area contributed by atoms with Gasteiger partial charge in [-0.2, -0.15) is 0 Å². The summed E-state index contributed by atoms with van der Waals surface area (Å²) in [6.07, 6.45) is 1.89. The highest BCUT2D eigenvalue weighted by atomic mass is 16.6. The molecular weight excluding hydrogens is 310 g/mol. The van der Waals surface area contributed by atoms with Crippen molar-refractivity contribution in [1.29, 1.82) is 0 Å². The first-order valence-electron chi connectivity index (χ1n) is 8.63. The first kappa shape index (κ1) is 17.3. The van der Waals surface area contributed by atoms with Crippen molar-refractivity contribution in [3.63, 3.8) is 0 Å². The van der Waals surface area contributed by atoms with Crippen LogP contribution >= 0.6 is 0 Å². The van der Waals surface area contributed by atoms with Gasteiger partial charge in [0.05, 0.1) is 12.1 Å². The standard InChI is InChI=1S/C22H25NO2/c1-21(2,3)25-20(24)23-16-18(17-11-7-5-8-12-17)15-22(23,4)19-13-9-6-10-14-19/h5-15H,16H2,1-4H3. The zero-order valence-electron chi connectivity index (χ0n) is 15.3. The predicted molar refractivity (Wildman–Crippen MR) is 101 cm³/mol. The predicted octanol–water partition coefficient (Wildman–Crippen LogP) is 5.24. The molecule has 2 aromatic rings. The molecule has 1 amide bonds. The van der Waals surface area contributed by atoms with Gasteiger partial charge in [0.2, 0.25) is 0 Å². The molecule has 3 heteroatoms. The Labute approximate surface area is 149 Å². The minimum Gasteiger partial charge on any atom is -0.444 e. The van der Waals surface area contributed by atoms with Crippen LogP contribution in [0.15, 0.2) is 66.7 Å². The second-order valence-corrected chi connectivity index (χ2v) is 7.62. The quantitative estimate of drug-likeness (QED) is 0.751. The van der Waals surface area contributed by atoms with Crippen LogP contribution in [0.5, 0.6) is 0 Å². The molecule has 0 radical (unpaired) electrons. The van der Waals surface area contributed by atoms with Crippen LogP contribution in [0.2, 0.25) is 0 Å². The fourth-order valence-corrected chi connectivity index (χ4v) is 3.21. The minimum atomic E-state index is -0.533. The fourth-order valence-electron chi connectivity index (χ4n) is 3.21. The van der Waals surface area contributed by atoms with E-state index in [-0.39, 0.29) is 6.09 Å². The maximum absolute atomic E-state index is 12.9. The van der Waals surface area contributed by atoms with Gasteiger partial charge in [-0.1, -0.05) is 60.7 Å². The summed E-state index contributed by atoms with van der Waals surface area (Å²) in [4.78, 5) is 14.7. The van der Waals surface area contributed by atoms with Crippen molar-refractivity contribution in [1.82, 2.24) is 4.90 Å². The molecular formula is C22H25NO2. The van der Waals surface area contributed by atoms with Gasteiger partial charge in [0.25, 0.3) is 0 Å². The van der Waals surface area contributed by atoms with Crippen molar-refractivity contribution >= 4 is 11.7 Å². The summed E-state index contributed by atoms with van der Waals surface area (Å²) >= 11 is 0. The molecule has 3 rings (SSSR count). The highest BCUT2D eigenvalue weighted by Crippen LogP contribution is 2.40. The van der Waals surface area contributed by atoms with Crippen LogP contribution in [0.3, 0.4) is 0 Å². The van der Waals surface area contributed by atoms with E-state index in [2.05, 4.69) is 37.3 Å². The Kier molecular flexibility index (Phi) is 4.42. The summed E-state index contributed by atoms with van der Waals surface area (Å²) in [5.74, 6) is 0. The molecule has 0 saturated carbocycles. The minimum absolute atomic E-state index is 0.291. The monoisotopic (exact) mass is 335 g/mol. The van der Waals surface area contributed by atoms with Gasteiger partial charge in [-0.15, -0.1) is 0 Å². The molecule has 0 saturated heterocycles. The van der Waals surface area contributed by atoms with Crippen LogP contribution in [0.4, 0.5) is 4.79 Å². The molecule has 1 atom stereocenters. The number of rotatable bonds is 2. The van der Waals surface area contributed by atoms with Gasteiger partial charge in [-0.3, -0.25) is 4.90 Å². The van der Waals surface area contributed by atoms with Gasteiger partial charge in [-0.25, -0.2) is 4.79 Å². The molecule has 0 bridgehead atoms. The maximum atomic E-state index is 12.9. The zero-order chi connectivity index (χ0) is 18.1. The second kappa shape index (κ2) is 6.40. The van der Waals surface area contributed by atoms with E-state index in [1.54, 1.807) is 0 Å². The zero-order valence-corrected chi connectivity index (χ0v) is 15.3. The molecule has 1 aliphatic rings. The topological polar surface area (TPSA) is 29.5 Å². The number of hydrogen-bond acceptors (Lipinski definition) is 2. The third-order valence-corrected chi connectivity index (χ3v) is 4.46. The Hall–Kier alpha value is -2.55. The van der Waals surface area contributed by atoms with E-state index >= 15 is 0 Å². The van der Waals surface area contributed by atoms with E-state index in [0.29, 0.717) is 6.54 Å². The molecule has 2 aromatic carbocycles. The number of carbonyl (C=O) groups excluding carboxylic acids is 1. The molecule has 1 heterocycles. The lowest BCUT2D eigenvalue weighted by molar-refractivity contribution is 0.0138. The number of amides is 1. The van der Waals surface area contributed by atoms with Crippen molar-refractivity contribution < 1.29 is 9.53 Å². The van der Waals surface area contributed by atoms with Gasteiger partial charge in [0, 0.05) is 0 Å². The average molecular weight is 335 g/mol. The summed E-state index contributed by atoms with van der Waals surface area (Å²) in [6, 6.07) is 20.3. The number of benzene rings is 2. The van der Waals surface area contributed by atoms with E-state index in [1.807, 2.05) is 62.1 Å². The molecule has 0 N–H and O–H groups in total. The average Bonchev–Trinajstić information content (AvgIpc) is 2.94. The number of ether oxygens (including phenoxy) is 1. The summed E-state index contributed by atoms with van der Waals surface area (Å²) in [7, 11) is 0. The van der Waals surface area contributed by atoms with Gasteiger partial charge >= 0.3 is 6.09 Å². The fraction of sp³-hybridized carbons (Fsp3) is 0.318. The van der Waals surface area contributed by atoms with E-state index < -0.39 is 11.1 Å². The molecule has 25 heavy (non-hydrogen) atoms. The molecule has 3 nitrogen and oxygen atoms in total. The first-order chi connectivity index (χ1) is 11.8. The van der Waals surface area contributed by atoms with E-state index in [1.165, 1.54) is 0 Å². The highest BCUT2D eigenvalue weighted by molar-refractivity contribution is 5.80. The summed E-state index contributed by atoms with van der Waals surface area (Å²) in [6.45, 7) is 8.29. The van der Waals surface area contributed by atoms with E-state index in [4.69, 9.17) is 4.74 Å². The molecule has 130 valence electrons. The normalized spacial score (nSPS) is 20.3. The SMILES string of the molecule is CC(C)(C)OC(=O)N1CC(c2ccccc2)=CC1(C)c1ccccc1. The van der Waals surface area contributed by atoms with Crippen molar-refractivity contribution in [3.8, 4) is 0 Å².